The summed E-state index contributed by atoms with van der Waals surface area (Å²) in [5.74, 6) is 0.0432. The number of carbonyl (C=O) groups excluding carboxylic acids is 1. The van der Waals surface area contributed by atoms with E-state index in [1.165, 1.54) is 11.1 Å². The SMILES string of the molecule is C[C@@H]1Cc2c(C(=O)N3CCc4ccccc4CC3)n[nH]c2[C@H](C)O1. The molecule has 2 aromatic rings. The Labute approximate surface area is 142 Å². The van der Waals surface area contributed by atoms with E-state index in [9.17, 15) is 4.79 Å². The van der Waals surface area contributed by atoms with Gasteiger partial charge in [0, 0.05) is 25.1 Å². The zero-order valence-electron chi connectivity index (χ0n) is 14.2. The van der Waals surface area contributed by atoms with Gasteiger partial charge in [0.15, 0.2) is 5.69 Å². The van der Waals surface area contributed by atoms with Gasteiger partial charge in [-0.2, -0.15) is 5.10 Å². The summed E-state index contributed by atoms with van der Waals surface area (Å²) in [4.78, 5) is 15.0. The lowest BCUT2D eigenvalue weighted by molar-refractivity contribution is -0.00701. The minimum atomic E-state index is -0.0359. The second-order valence-corrected chi connectivity index (χ2v) is 6.82. The minimum absolute atomic E-state index is 0.0359. The fourth-order valence-electron chi connectivity index (χ4n) is 3.87. The third kappa shape index (κ3) is 2.63. The highest BCUT2D eigenvalue weighted by molar-refractivity contribution is 5.94. The molecule has 126 valence electrons. The fraction of sp³-hybridized carbons (Fsp3) is 0.474. The molecule has 0 radical (unpaired) electrons. The monoisotopic (exact) mass is 325 g/mol. The van der Waals surface area contributed by atoms with Gasteiger partial charge in [-0.15, -0.1) is 0 Å². The number of carbonyl (C=O) groups is 1. The molecule has 3 heterocycles. The van der Waals surface area contributed by atoms with E-state index in [2.05, 4.69) is 34.5 Å². The molecule has 2 atom stereocenters. The van der Waals surface area contributed by atoms with Crippen molar-refractivity contribution in [1.29, 1.82) is 0 Å². The van der Waals surface area contributed by atoms with Gasteiger partial charge in [-0.05, 0) is 37.8 Å². The van der Waals surface area contributed by atoms with Crippen LogP contribution in [0, 0.1) is 0 Å². The number of aromatic amines is 1. The molecule has 5 nitrogen and oxygen atoms in total. The molecule has 0 spiro atoms. The number of fused-ring (bicyclic) bond motifs is 2. The van der Waals surface area contributed by atoms with Crippen molar-refractivity contribution in [3.05, 3.63) is 52.3 Å². The zero-order valence-corrected chi connectivity index (χ0v) is 14.2. The lowest BCUT2D eigenvalue weighted by Gasteiger charge is -2.26. The molecule has 0 saturated heterocycles. The average Bonchev–Trinajstić information content (AvgIpc) is 2.87. The van der Waals surface area contributed by atoms with Crippen LogP contribution in [0.25, 0.3) is 0 Å². The highest BCUT2D eigenvalue weighted by Crippen LogP contribution is 2.30. The van der Waals surface area contributed by atoms with Crippen molar-refractivity contribution >= 4 is 5.91 Å². The van der Waals surface area contributed by atoms with E-state index < -0.39 is 0 Å². The quantitative estimate of drug-likeness (QED) is 0.877. The third-order valence-electron chi connectivity index (χ3n) is 5.14. The van der Waals surface area contributed by atoms with Crippen LogP contribution in [-0.2, 0) is 24.0 Å². The van der Waals surface area contributed by atoms with Crippen LogP contribution in [0.5, 0.6) is 0 Å². The summed E-state index contributed by atoms with van der Waals surface area (Å²) in [5.41, 5.74) is 5.28. The molecule has 1 aromatic carbocycles. The Bertz CT molecular complexity index is 741. The maximum atomic E-state index is 13.1. The predicted molar refractivity (Wildman–Crippen MR) is 91.0 cm³/mol. The third-order valence-corrected chi connectivity index (χ3v) is 5.14. The van der Waals surface area contributed by atoms with Gasteiger partial charge >= 0.3 is 0 Å². The van der Waals surface area contributed by atoms with Crippen molar-refractivity contribution in [3.63, 3.8) is 0 Å². The van der Waals surface area contributed by atoms with Gasteiger partial charge < -0.3 is 9.64 Å². The molecule has 0 fully saturated rings. The lowest BCUT2D eigenvalue weighted by atomic mass is 9.99. The molecule has 0 unspecified atom stereocenters. The van der Waals surface area contributed by atoms with Crippen LogP contribution in [0.4, 0.5) is 0 Å². The molecule has 5 heteroatoms. The zero-order chi connectivity index (χ0) is 16.7. The van der Waals surface area contributed by atoms with Gasteiger partial charge in [0.25, 0.3) is 5.91 Å². The van der Waals surface area contributed by atoms with Crippen molar-refractivity contribution in [3.8, 4) is 0 Å². The molecule has 1 aromatic heterocycles. The van der Waals surface area contributed by atoms with Crippen LogP contribution in [0.2, 0.25) is 0 Å². The van der Waals surface area contributed by atoms with E-state index in [0.717, 1.165) is 43.6 Å². The molecule has 2 aliphatic rings. The number of benzene rings is 1. The molecular formula is C19H23N3O2. The van der Waals surface area contributed by atoms with Crippen molar-refractivity contribution in [2.45, 2.75) is 45.3 Å². The number of ether oxygens (including phenoxy) is 1. The van der Waals surface area contributed by atoms with E-state index in [1.807, 2.05) is 18.7 Å². The van der Waals surface area contributed by atoms with Gasteiger partial charge in [0.2, 0.25) is 0 Å². The average molecular weight is 325 g/mol. The van der Waals surface area contributed by atoms with Crippen molar-refractivity contribution < 1.29 is 9.53 Å². The first-order valence-corrected chi connectivity index (χ1v) is 8.72. The smallest absolute Gasteiger partial charge is 0.274 e. The van der Waals surface area contributed by atoms with E-state index in [4.69, 9.17) is 4.74 Å². The number of hydrogen-bond acceptors (Lipinski definition) is 3. The molecule has 0 aliphatic carbocycles. The second-order valence-electron chi connectivity index (χ2n) is 6.82. The highest BCUT2D eigenvalue weighted by Gasteiger charge is 2.31. The normalized spacial score (nSPS) is 23.3. The molecule has 4 rings (SSSR count). The van der Waals surface area contributed by atoms with Gasteiger partial charge in [0.05, 0.1) is 17.9 Å². The minimum Gasteiger partial charge on any atom is -0.369 e. The first-order chi connectivity index (χ1) is 11.6. The number of hydrogen-bond donors (Lipinski definition) is 1. The predicted octanol–water partition coefficient (Wildman–Crippen LogP) is 2.67. The summed E-state index contributed by atoms with van der Waals surface area (Å²) in [6, 6.07) is 8.48. The number of nitrogens with zero attached hydrogens (tertiary/aromatic N) is 2. The Hall–Kier alpha value is -2.14. The van der Waals surface area contributed by atoms with E-state index in [1.54, 1.807) is 0 Å². The highest BCUT2D eigenvalue weighted by atomic mass is 16.5. The van der Waals surface area contributed by atoms with Gasteiger partial charge in [-0.25, -0.2) is 0 Å². The Morgan fingerprint density at radius 2 is 1.88 bits per heavy atom. The van der Waals surface area contributed by atoms with Gasteiger partial charge in [0.1, 0.15) is 0 Å². The molecule has 0 bridgehead atoms. The summed E-state index contributed by atoms with van der Waals surface area (Å²) in [7, 11) is 0. The van der Waals surface area contributed by atoms with Crippen LogP contribution in [0.15, 0.2) is 24.3 Å². The molecule has 24 heavy (non-hydrogen) atoms. The largest absolute Gasteiger partial charge is 0.369 e. The van der Waals surface area contributed by atoms with Crippen LogP contribution in [-0.4, -0.2) is 40.2 Å². The molecule has 1 amide bonds. The number of H-pyrrole nitrogens is 1. The Kier molecular flexibility index (Phi) is 3.88. The number of aromatic nitrogens is 2. The summed E-state index contributed by atoms with van der Waals surface area (Å²) in [6.07, 6.45) is 2.64. The standard InChI is InChI=1S/C19H23N3O2/c1-12-11-16-17(13(2)24-12)20-21-18(16)19(23)22-9-7-14-5-3-4-6-15(14)8-10-22/h3-6,12-13H,7-11H2,1-2H3,(H,20,21)/t12-,13+/m1/s1. The molecular weight excluding hydrogens is 302 g/mol. The molecule has 2 aliphatic heterocycles. The van der Waals surface area contributed by atoms with Crippen molar-refractivity contribution in [2.24, 2.45) is 0 Å². The summed E-state index contributed by atoms with van der Waals surface area (Å²) >= 11 is 0. The first kappa shape index (κ1) is 15.4. The molecule has 1 N–H and O–H groups in total. The van der Waals surface area contributed by atoms with Crippen LogP contribution < -0.4 is 0 Å². The van der Waals surface area contributed by atoms with Crippen molar-refractivity contribution in [1.82, 2.24) is 15.1 Å². The van der Waals surface area contributed by atoms with E-state index in [0.29, 0.717) is 5.69 Å². The number of amides is 1. The Morgan fingerprint density at radius 1 is 1.21 bits per heavy atom. The number of nitrogens with one attached hydrogen (secondary N) is 1. The summed E-state index contributed by atoms with van der Waals surface area (Å²) < 4.78 is 5.82. The lowest BCUT2D eigenvalue weighted by Crippen LogP contribution is -2.34. The summed E-state index contributed by atoms with van der Waals surface area (Å²) in [6.45, 7) is 5.55. The van der Waals surface area contributed by atoms with Crippen LogP contribution >= 0.6 is 0 Å². The van der Waals surface area contributed by atoms with Crippen LogP contribution in [0.3, 0.4) is 0 Å². The van der Waals surface area contributed by atoms with Crippen LogP contribution in [0.1, 0.15) is 52.8 Å². The maximum Gasteiger partial charge on any atom is 0.274 e. The number of rotatable bonds is 1. The van der Waals surface area contributed by atoms with E-state index in [-0.39, 0.29) is 18.1 Å². The second kappa shape index (κ2) is 6.06. The fourth-order valence-corrected chi connectivity index (χ4v) is 3.87. The molecule has 0 saturated carbocycles. The first-order valence-electron chi connectivity index (χ1n) is 8.72. The Balaban J connectivity index is 1.57. The maximum absolute atomic E-state index is 13.1. The Morgan fingerprint density at radius 3 is 2.54 bits per heavy atom. The topological polar surface area (TPSA) is 58.2 Å². The van der Waals surface area contributed by atoms with Gasteiger partial charge in [-0.1, -0.05) is 24.3 Å². The van der Waals surface area contributed by atoms with Crippen molar-refractivity contribution in [2.75, 3.05) is 13.1 Å². The van der Waals surface area contributed by atoms with Gasteiger partial charge in [-0.3, -0.25) is 9.89 Å². The van der Waals surface area contributed by atoms with E-state index >= 15 is 0 Å². The summed E-state index contributed by atoms with van der Waals surface area (Å²) in [5, 5.41) is 7.37.